The molecule has 0 fully saturated rings. The Balaban J connectivity index is 1.98. The first kappa shape index (κ1) is 24.2. The van der Waals surface area contributed by atoms with Gasteiger partial charge in [-0.3, -0.25) is 14.5 Å². The van der Waals surface area contributed by atoms with Gasteiger partial charge in [0.05, 0.1) is 10.5 Å². The average Bonchev–Trinajstić information content (AvgIpc) is 2.96. The number of aryl methyl sites for hydroxylation is 1. The Labute approximate surface area is 195 Å². The Morgan fingerprint density at radius 1 is 0.941 bits per heavy atom. The minimum atomic E-state index is -5.43. The molecule has 0 unspecified atom stereocenters. The van der Waals surface area contributed by atoms with E-state index in [0.717, 1.165) is 17.0 Å². The molecule has 0 saturated heterocycles. The highest BCUT2D eigenvalue weighted by Gasteiger charge is 2.72. The van der Waals surface area contributed by atoms with Crippen molar-refractivity contribution in [2.75, 3.05) is 4.90 Å². The zero-order valence-electron chi connectivity index (χ0n) is 18.7. The number of hydrogen-bond acceptors (Lipinski definition) is 4. The number of allylic oxidation sites excluding steroid dienone is 1. The summed E-state index contributed by atoms with van der Waals surface area (Å²) < 4.78 is 72.4. The number of halogens is 3. The fourth-order valence-corrected chi connectivity index (χ4v) is 5.87. The molecule has 4 rings (SSSR count). The maximum Gasteiger partial charge on any atom is 0.421 e. The second kappa shape index (κ2) is 7.78. The molecule has 0 spiro atoms. The third-order valence-corrected chi connectivity index (χ3v) is 7.55. The van der Waals surface area contributed by atoms with Crippen molar-refractivity contribution in [1.82, 2.24) is 4.72 Å². The molecule has 1 aliphatic heterocycles. The van der Waals surface area contributed by atoms with Gasteiger partial charge in [0.25, 0.3) is 5.91 Å². The number of anilines is 1. The van der Waals surface area contributed by atoms with E-state index in [-0.39, 0.29) is 24.2 Å². The van der Waals surface area contributed by atoms with Crippen molar-refractivity contribution in [2.24, 2.45) is 5.41 Å². The van der Waals surface area contributed by atoms with Crippen LogP contribution in [0, 0.1) is 12.3 Å². The second-order valence-electron chi connectivity index (χ2n) is 9.41. The van der Waals surface area contributed by atoms with Crippen LogP contribution in [0.2, 0.25) is 0 Å². The van der Waals surface area contributed by atoms with Crippen molar-refractivity contribution < 1.29 is 31.2 Å². The van der Waals surface area contributed by atoms with Crippen LogP contribution in [-0.4, -0.2) is 31.8 Å². The van der Waals surface area contributed by atoms with E-state index in [1.54, 1.807) is 43.7 Å². The van der Waals surface area contributed by atoms with Crippen LogP contribution in [0.5, 0.6) is 0 Å². The van der Waals surface area contributed by atoms with Gasteiger partial charge in [0.15, 0.2) is 5.78 Å². The molecule has 0 bridgehead atoms. The first-order valence-electron chi connectivity index (χ1n) is 10.5. The second-order valence-corrected chi connectivity index (χ2v) is 11.1. The number of Topliss-reactive ketones (excluding diaryl/α,β-unsaturated/α-hetero) is 1. The van der Waals surface area contributed by atoms with E-state index < -0.39 is 49.3 Å². The molecule has 10 heteroatoms. The lowest BCUT2D eigenvalue weighted by molar-refractivity contribution is -0.184. The normalized spacial score (nSPS) is 22.8. The molecule has 2 aromatic rings. The first-order valence-corrected chi connectivity index (χ1v) is 12.0. The summed E-state index contributed by atoms with van der Waals surface area (Å²) in [7, 11) is -4.85. The number of para-hydroxylation sites is 1. The van der Waals surface area contributed by atoms with E-state index in [9.17, 15) is 31.2 Å². The van der Waals surface area contributed by atoms with E-state index in [4.69, 9.17) is 0 Å². The van der Waals surface area contributed by atoms with Gasteiger partial charge in [-0.05, 0) is 43.0 Å². The van der Waals surface area contributed by atoms with Gasteiger partial charge in [0, 0.05) is 17.8 Å². The van der Waals surface area contributed by atoms with E-state index in [2.05, 4.69) is 0 Å². The van der Waals surface area contributed by atoms with Gasteiger partial charge in [-0.1, -0.05) is 49.7 Å². The summed E-state index contributed by atoms with van der Waals surface area (Å²) in [5, 5.41) is 0. The number of rotatable bonds is 4. The maximum atomic E-state index is 14.8. The lowest BCUT2D eigenvalue weighted by Crippen LogP contribution is -2.66. The molecule has 0 saturated carbocycles. The Morgan fingerprint density at radius 3 is 2.09 bits per heavy atom. The van der Waals surface area contributed by atoms with Crippen molar-refractivity contribution >= 4 is 27.4 Å². The highest BCUT2D eigenvalue weighted by atomic mass is 32.2. The predicted octanol–water partition coefficient (Wildman–Crippen LogP) is 4.26. The van der Waals surface area contributed by atoms with Crippen LogP contribution < -0.4 is 9.62 Å². The van der Waals surface area contributed by atoms with Crippen molar-refractivity contribution in [1.29, 1.82) is 0 Å². The quantitative estimate of drug-likeness (QED) is 0.691. The van der Waals surface area contributed by atoms with E-state index in [1.807, 2.05) is 0 Å². The van der Waals surface area contributed by atoms with Gasteiger partial charge in [-0.25, -0.2) is 8.42 Å². The molecule has 6 nitrogen and oxygen atoms in total. The lowest BCUT2D eigenvalue weighted by atomic mass is 9.72. The molecule has 1 aliphatic carbocycles. The molecule has 1 N–H and O–H groups in total. The van der Waals surface area contributed by atoms with Crippen LogP contribution in [0.1, 0.15) is 32.3 Å². The van der Waals surface area contributed by atoms with Gasteiger partial charge in [0.2, 0.25) is 15.6 Å². The van der Waals surface area contributed by atoms with Gasteiger partial charge in [-0.2, -0.15) is 17.9 Å². The predicted molar refractivity (Wildman–Crippen MR) is 119 cm³/mol. The first-order chi connectivity index (χ1) is 15.7. The summed E-state index contributed by atoms with van der Waals surface area (Å²) in [6.45, 7) is 5.12. The number of benzene rings is 2. The smallest absolute Gasteiger partial charge is 0.294 e. The average molecular weight is 493 g/mol. The molecule has 0 radical (unpaired) electrons. The van der Waals surface area contributed by atoms with E-state index >= 15 is 0 Å². The fourth-order valence-electron chi connectivity index (χ4n) is 4.55. The summed E-state index contributed by atoms with van der Waals surface area (Å²) in [5.74, 6) is -2.49. The van der Waals surface area contributed by atoms with Gasteiger partial charge in [0.1, 0.15) is 0 Å². The van der Waals surface area contributed by atoms with Crippen LogP contribution in [0.4, 0.5) is 18.9 Å². The molecule has 1 heterocycles. The number of sulfonamides is 1. The number of alkyl halides is 3. The zero-order valence-corrected chi connectivity index (χ0v) is 19.5. The third kappa shape index (κ3) is 3.74. The number of carbonyl (C=O) groups excluding carboxylic acids is 2. The number of nitrogens with zero attached hydrogens (tertiary/aromatic N) is 1. The third-order valence-electron chi connectivity index (χ3n) is 6.08. The summed E-state index contributed by atoms with van der Waals surface area (Å²) in [6, 6.07) is 12.8. The SMILES string of the molecule is Cc1ccc(S(=O)(=O)N[C@]2(C(F)(F)F)C(=O)N(c3ccccc3)C3=C2C(=O)CC(C)(C)C3)cc1. The molecule has 34 heavy (non-hydrogen) atoms. The van der Waals surface area contributed by atoms with Crippen molar-refractivity contribution in [2.45, 2.75) is 50.2 Å². The molecule has 1 atom stereocenters. The van der Waals surface area contributed by atoms with Gasteiger partial charge >= 0.3 is 6.18 Å². The largest absolute Gasteiger partial charge is 0.421 e. The number of hydrogen-bond donors (Lipinski definition) is 1. The minimum Gasteiger partial charge on any atom is -0.294 e. The van der Waals surface area contributed by atoms with Crippen LogP contribution >= 0.6 is 0 Å². The Morgan fingerprint density at radius 2 is 1.53 bits per heavy atom. The number of nitrogens with one attached hydrogen (secondary N) is 1. The van der Waals surface area contributed by atoms with Crippen molar-refractivity contribution in [3.05, 3.63) is 71.4 Å². The monoisotopic (exact) mass is 492 g/mol. The number of ketones is 1. The Hall–Kier alpha value is -2.98. The number of carbonyl (C=O) groups is 2. The minimum absolute atomic E-state index is 0.0151. The fraction of sp³-hybridized carbons (Fsp3) is 0.333. The number of amides is 1. The highest BCUT2D eigenvalue weighted by Crippen LogP contribution is 2.53. The summed E-state index contributed by atoms with van der Waals surface area (Å²) in [6.07, 6.45) is -5.70. The Kier molecular flexibility index (Phi) is 5.52. The molecule has 0 aromatic heterocycles. The standard InChI is InChI=1S/C24H23F3N2O4S/c1-15-9-11-17(12-10-15)34(32,33)28-23(24(25,26)27)20-18(13-22(2,3)14-19(20)30)29(21(23)31)16-7-5-4-6-8-16/h4-12,28H,13-14H2,1-3H3/t23-/m0/s1. The summed E-state index contributed by atoms with van der Waals surface area (Å²) in [5.41, 5.74) is -4.64. The Bertz CT molecular complexity index is 1300. The molecular formula is C24H23F3N2O4S. The lowest BCUT2D eigenvalue weighted by Gasteiger charge is -2.35. The van der Waals surface area contributed by atoms with Crippen LogP contribution in [-0.2, 0) is 19.6 Å². The molecule has 2 aliphatic rings. The highest BCUT2D eigenvalue weighted by molar-refractivity contribution is 7.89. The van der Waals surface area contributed by atoms with Crippen LogP contribution in [0.25, 0.3) is 0 Å². The van der Waals surface area contributed by atoms with Crippen LogP contribution in [0.15, 0.2) is 70.8 Å². The topological polar surface area (TPSA) is 83.6 Å². The molecular weight excluding hydrogens is 469 g/mol. The van der Waals surface area contributed by atoms with Gasteiger partial charge < -0.3 is 0 Å². The summed E-state index contributed by atoms with van der Waals surface area (Å²) >= 11 is 0. The zero-order chi connectivity index (χ0) is 25.1. The molecule has 1 amide bonds. The summed E-state index contributed by atoms with van der Waals surface area (Å²) in [4.78, 5) is 27.2. The van der Waals surface area contributed by atoms with Crippen LogP contribution in [0.3, 0.4) is 0 Å². The van der Waals surface area contributed by atoms with Gasteiger partial charge in [-0.15, -0.1) is 0 Å². The van der Waals surface area contributed by atoms with E-state index in [0.29, 0.717) is 5.56 Å². The van der Waals surface area contributed by atoms with Crippen molar-refractivity contribution in [3.63, 3.8) is 0 Å². The molecule has 180 valence electrons. The maximum absolute atomic E-state index is 14.8. The van der Waals surface area contributed by atoms with E-state index in [1.165, 1.54) is 24.3 Å². The van der Waals surface area contributed by atoms with Crippen molar-refractivity contribution in [3.8, 4) is 0 Å². The molecule has 2 aromatic carbocycles.